The molecule has 2 N–H and O–H groups in total. The first-order valence-electron chi connectivity index (χ1n) is 8.18. The van der Waals surface area contributed by atoms with Crippen molar-refractivity contribution in [2.45, 2.75) is 20.8 Å². The molecule has 6 heteroatoms. The van der Waals surface area contributed by atoms with E-state index in [9.17, 15) is 9.59 Å². The van der Waals surface area contributed by atoms with Crippen LogP contribution >= 0.6 is 0 Å². The molecular weight excluding hydrogens is 316 g/mol. The molecule has 0 saturated heterocycles. The number of nitrogens with one attached hydrogen (secondary N) is 2. The van der Waals surface area contributed by atoms with E-state index in [0.717, 1.165) is 0 Å². The quantitative estimate of drug-likeness (QED) is 0.648. The number of anilines is 1. The number of amides is 1. The molecule has 0 spiro atoms. The van der Waals surface area contributed by atoms with Crippen LogP contribution in [0.15, 0.2) is 36.8 Å². The summed E-state index contributed by atoms with van der Waals surface area (Å²) in [7, 11) is 0. The van der Waals surface area contributed by atoms with Crippen LogP contribution in [0.4, 0.5) is 5.69 Å². The Bertz CT molecular complexity index is 857. The van der Waals surface area contributed by atoms with Crippen molar-refractivity contribution in [3.63, 3.8) is 0 Å². The van der Waals surface area contributed by atoms with Gasteiger partial charge in [0, 0.05) is 35.8 Å². The Hall–Kier alpha value is -3.02. The fourth-order valence-corrected chi connectivity index (χ4v) is 2.68. The maximum absolute atomic E-state index is 12.6. The fraction of sp³-hybridized carbons (Fsp3) is 0.263. The van der Waals surface area contributed by atoms with Crippen LogP contribution in [-0.4, -0.2) is 28.2 Å². The average Bonchev–Trinajstić information content (AvgIpc) is 2.91. The Kier molecular flexibility index (Phi) is 4.61. The third-order valence-electron chi connectivity index (χ3n) is 3.93. The lowest BCUT2D eigenvalue weighted by atomic mass is 9.99. The van der Waals surface area contributed by atoms with E-state index < -0.39 is 0 Å². The molecule has 0 bridgehead atoms. The summed E-state index contributed by atoms with van der Waals surface area (Å²) in [4.78, 5) is 32.8. The summed E-state index contributed by atoms with van der Waals surface area (Å²) in [6.07, 6.45) is 4.80. The molecule has 25 heavy (non-hydrogen) atoms. The van der Waals surface area contributed by atoms with Gasteiger partial charge in [-0.15, -0.1) is 0 Å². The molecule has 0 atom stereocenters. The van der Waals surface area contributed by atoms with E-state index in [1.54, 1.807) is 36.8 Å². The molecule has 0 saturated carbocycles. The fourth-order valence-electron chi connectivity index (χ4n) is 2.68. The van der Waals surface area contributed by atoms with Gasteiger partial charge in [-0.2, -0.15) is 0 Å². The monoisotopic (exact) mass is 336 g/mol. The van der Waals surface area contributed by atoms with Gasteiger partial charge < -0.3 is 10.6 Å². The highest BCUT2D eigenvalue weighted by atomic mass is 16.2. The van der Waals surface area contributed by atoms with Gasteiger partial charge in [0.2, 0.25) is 0 Å². The minimum Gasteiger partial charge on any atom is -0.382 e. The van der Waals surface area contributed by atoms with E-state index in [4.69, 9.17) is 0 Å². The molecular formula is C19H20N4O2. The summed E-state index contributed by atoms with van der Waals surface area (Å²) >= 11 is 0. The Labute approximate surface area is 146 Å². The molecule has 0 aliphatic carbocycles. The van der Waals surface area contributed by atoms with Gasteiger partial charge in [-0.05, 0) is 31.0 Å². The lowest BCUT2D eigenvalue weighted by molar-refractivity contribution is -0.110. The van der Waals surface area contributed by atoms with Crippen LogP contribution in [0.25, 0.3) is 11.3 Å². The largest absolute Gasteiger partial charge is 0.382 e. The molecule has 1 aromatic carbocycles. The number of benzene rings is 1. The molecule has 1 aliphatic rings. The van der Waals surface area contributed by atoms with E-state index in [0.29, 0.717) is 46.2 Å². The highest BCUT2D eigenvalue weighted by molar-refractivity contribution is 6.36. The standard InChI is InChI=1S/C19H20N4O2/c1-11(2)9-22-18(16-10-20-6-7-21-16)17-14-8-13(12(3)24)4-5-15(14)23-19(17)25/h4-8,10-11,22H,9H2,1-3H3,(H,23,25). The van der Waals surface area contributed by atoms with Crippen molar-refractivity contribution in [3.8, 4) is 0 Å². The van der Waals surface area contributed by atoms with Gasteiger partial charge in [0.15, 0.2) is 5.78 Å². The molecule has 2 heterocycles. The molecule has 0 radical (unpaired) electrons. The number of carbonyl (C=O) groups is 2. The van der Waals surface area contributed by atoms with E-state index >= 15 is 0 Å². The normalized spacial score (nSPS) is 15.0. The van der Waals surface area contributed by atoms with Crippen LogP contribution < -0.4 is 10.6 Å². The smallest absolute Gasteiger partial charge is 0.258 e. The number of hydrogen-bond donors (Lipinski definition) is 2. The Morgan fingerprint density at radius 1 is 1.28 bits per heavy atom. The first-order chi connectivity index (χ1) is 12.0. The lowest BCUT2D eigenvalue weighted by Crippen LogP contribution is -2.22. The van der Waals surface area contributed by atoms with Gasteiger partial charge in [0.25, 0.3) is 5.91 Å². The van der Waals surface area contributed by atoms with Gasteiger partial charge in [-0.3, -0.25) is 19.6 Å². The summed E-state index contributed by atoms with van der Waals surface area (Å²) in [5, 5.41) is 6.18. The summed E-state index contributed by atoms with van der Waals surface area (Å²) in [5.41, 5.74) is 3.66. The zero-order valence-electron chi connectivity index (χ0n) is 14.5. The number of Topliss-reactive ketones (excluding diaryl/α,β-unsaturated/α-hetero) is 1. The second-order valence-electron chi connectivity index (χ2n) is 6.39. The first kappa shape index (κ1) is 16.8. The third-order valence-corrected chi connectivity index (χ3v) is 3.93. The van der Waals surface area contributed by atoms with Gasteiger partial charge in [0.05, 0.1) is 17.5 Å². The number of fused-ring (bicyclic) bond motifs is 1. The van der Waals surface area contributed by atoms with Crippen molar-refractivity contribution in [2.75, 3.05) is 11.9 Å². The first-order valence-corrected chi connectivity index (χ1v) is 8.18. The zero-order chi connectivity index (χ0) is 18.0. The van der Waals surface area contributed by atoms with Crippen LogP contribution in [0, 0.1) is 5.92 Å². The van der Waals surface area contributed by atoms with Gasteiger partial charge >= 0.3 is 0 Å². The van der Waals surface area contributed by atoms with Crippen molar-refractivity contribution in [2.24, 2.45) is 5.92 Å². The number of rotatable bonds is 5. The van der Waals surface area contributed by atoms with Crippen molar-refractivity contribution in [1.82, 2.24) is 15.3 Å². The molecule has 6 nitrogen and oxygen atoms in total. The van der Waals surface area contributed by atoms with Crippen molar-refractivity contribution in [3.05, 3.63) is 53.6 Å². The maximum atomic E-state index is 12.6. The number of hydrogen-bond acceptors (Lipinski definition) is 5. The SMILES string of the molecule is CC(=O)c1ccc2c(c1)C(=C(NCC(C)C)c1cnccn1)C(=O)N2. The second-order valence-corrected chi connectivity index (χ2v) is 6.39. The van der Waals surface area contributed by atoms with E-state index in [1.165, 1.54) is 6.92 Å². The lowest BCUT2D eigenvalue weighted by Gasteiger charge is -2.15. The zero-order valence-corrected chi connectivity index (χ0v) is 14.5. The van der Waals surface area contributed by atoms with E-state index in [-0.39, 0.29) is 11.7 Å². The Morgan fingerprint density at radius 2 is 2.08 bits per heavy atom. The molecule has 1 amide bonds. The molecule has 1 aliphatic heterocycles. The third kappa shape index (κ3) is 3.42. The second kappa shape index (κ2) is 6.84. The Balaban J connectivity index is 2.18. The molecule has 1 aromatic heterocycles. The number of ketones is 1. The minimum absolute atomic E-state index is 0.0438. The maximum Gasteiger partial charge on any atom is 0.258 e. The predicted molar refractivity (Wildman–Crippen MR) is 96.8 cm³/mol. The minimum atomic E-state index is -0.215. The van der Waals surface area contributed by atoms with Gasteiger partial charge in [-0.25, -0.2) is 0 Å². The van der Waals surface area contributed by atoms with Crippen LogP contribution in [0.1, 0.15) is 42.4 Å². The summed E-state index contributed by atoms with van der Waals surface area (Å²) in [5.74, 6) is 0.130. The van der Waals surface area contributed by atoms with Gasteiger partial charge in [-0.1, -0.05) is 13.8 Å². The summed E-state index contributed by atoms with van der Waals surface area (Å²) in [6, 6.07) is 5.22. The number of carbonyl (C=O) groups excluding carboxylic acids is 2. The molecule has 0 unspecified atom stereocenters. The van der Waals surface area contributed by atoms with Crippen LogP contribution in [0.5, 0.6) is 0 Å². The summed E-state index contributed by atoms with van der Waals surface area (Å²) in [6.45, 7) is 6.37. The highest BCUT2D eigenvalue weighted by Crippen LogP contribution is 2.36. The van der Waals surface area contributed by atoms with Crippen molar-refractivity contribution in [1.29, 1.82) is 0 Å². The average molecular weight is 336 g/mol. The number of nitrogens with zero attached hydrogens (tertiary/aromatic N) is 2. The number of aromatic nitrogens is 2. The van der Waals surface area contributed by atoms with Crippen LogP contribution in [0.3, 0.4) is 0 Å². The predicted octanol–water partition coefficient (Wildman–Crippen LogP) is 2.75. The molecule has 3 rings (SSSR count). The molecule has 128 valence electrons. The van der Waals surface area contributed by atoms with Crippen LogP contribution in [0.2, 0.25) is 0 Å². The molecule has 0 fully saturated rings. The topological polar surface area (TPSA) is 84.0 Å². The van der Waals surface area contributed by atoms with Crippen molar-refractivity contribution >= 4 is 28.6 Å². The van der Waals surface area contributed by atoms with Crippen LogP contribution in [-0.2, 0) is 4.79 Å². The van der Waals surface area contributed by atoms with E-state index in [2.05, 4.69) is 34.4 Å². The van der Waals surface area contributed by atoms with E-state index in [1.807, 2.05) is 0 Å². The van der Waals surface area contributed by atoms with Gasteiger partial charge in [0.1, 0.15) is 5.69 Å². The summed E-state index contributed by atoms with van der Waals surface area (Å²) < 4.78 is 0. The van der Waals surface area contributed by atoms with Crippen molar-refractivity contribution < 1.29 is 9.59 Å². The highest BCUT2D eigenvalue weighted by Gasteiger charge is 2.29. The Morgan fingerprint density at radius 3 is 2.72 bits per heavy atom. The molecule has 2 aromatic rings.